The first-order valence-electron chi connectivity index (χ1n) is 10.1. The van der Waals surface area contributed by atoms with Crippen LogP contribution in [0.3, 0.4) is 0 Å². The molecule has 4 rings (SSSR count). The van der Waals surface area contributed by atoms with Gasteiger partial charge in [0.05, 0.1) is 0 Å². The monoisotopic (exact) mass is 392 g/mol. The van der Waals surface area contributed by atoms with Crippen LogP contribution in [0.2, 0.25) is 0 Å². The minimum Gasteiger partial charge on any atom is -0.508 e. The molecule has 2 aromatic carbocycles. The van der Waals surface area contributed by atoms with Crippen LogP contribution in [0, 0.1) is 5.41 Å². The SMILES string of the molecule is CNC(=O)c1cccc(C(=O)N2CCC3(C)c4cccc(O)c4CC2C3(C)C)c1. The second kappa shape index (κ2) is 6.61. The summed E-state index contributed by atoms with van der Waals surface area (Å²) in [6.45, 7) is 7.37. The molecule has 2 aliphatic rings. The van der Waals surface area contributed by atoms with Gasteiger partial charge >= 0.3 is 0 Å². The number of phenols is 1. The standard InChI is InChI=1S/C24H28N2O3/c1-23(2)20-14-17-18(9-6-10-19(17)27)24(23,3)11-12-26(20)22(29)16-8-5-7-15(13-16)21(28)25-4/h5-10,13,20,27H,11-12,14H2,1-4H3,(H,25,28). The van der Waals surface area contributed by atoms with Crippen molar-refractivity contribution in [3.63, 3.8) is 0 Å². The number of likely N-dealkylation sites (tertiary alicyclic amines) is 1. The number of fused-ring (bicyclic) bond motifs is 4. The second-order valence-electron chi connectivity index (χ2n) is 8.99. The number of nitrogens with zero attached hydrogens (tertiary/aromatic N) is 1. The number of aromatic hydroxyl groups is 1. The highest BCUT2D eigenvalue weighted by Crippen LogP contribution is 2.57. The third-order valence-electron chi connectivity index (χ3n) is 7.49. The van der Waals surface area contributed by atoms with E-state index in [2.05, 4.69) is 32.2 Å². The number of amides is 2. The highest BCUT2D eigenvalue weighted by atomic mass is 16.3. The zero-order chi connectivity index (χ0) is 21.0. The molecule has 1 aliphatic carbocycles. The molecule has 29 heavy (non-hydrogen) atoms. The van der Waals surface area contributed by atoms with Crippen LogP contribution in [0.4, 0.5) is 0 Å². The Balaban J connectivity index is 1.74. The molecule has 2 atom stereocenters. The molecular formula is C24H28N2O3. The predicted molar refractivity (Wildman–Crippen MR) is 112 cm³/mol. The van der Waals surface area contributed by atoms with Crippen LogP contribution < -0.4 is 5.32 Å². The van der Waals surface area contributed by atoms with E-state index in [9.17, 15) is 14.7 Å². The lowest BCUT2D eigenvalue weighted by Gasteiger charge is -2.60. The van der Waals surface area contributed by atoms with E-state index in [-0.39, 0.29) is 28.7 Å². The second-order valence-corrected chi connectivity index (χ2v) is 8.99. The molecule has 0 aromatic heterocycles. The van der Waals surface area contributed by atoms with Gasteiger partial charge in [-0.25, -0.2) is 0 Å². The number of rotatable bonds is 2. The Kier molecular flexibility index (Phi) is 4.45. The molecule has 1 heterocycles. The first-order chi connectivity index (χ1) is 13.7. The average Bonchev–Trinajstić information content (AvgIpc) is 2.70. The first kappa shape index (κ1) is 19.5. The lowest BCUT2D eigenvalue weighted by molar-refractivity contribution is -0.0266. The van der Waals surface area contributed by atoms with Crippen molar-refractivity contribution in [1.82, 2.24) is 10.2 Å². The predicted octanol–water partition coefficient (Wildman–Crippen LogP) is 3.51. The van der Waals surface area contributed by atoms with E-state index >= 15 is 0 Å². The topological polar surface area (TPSA) is 69.6 Å². The van der Waals surface area contributed by atoms with Crippen molar-refractivity contribution in [3.05, 3.63) is 64.7 Å². The Morgan fingerprint density at radius 3 is 2.52 bits per heavy atom. The average molecular weight is 392 g/mol. The van der Waals surface area contributed by atoms with Gasteiger partial charge in [0.2, 0.25) is 0 Å². The van der Waals surface area contributed by atoms with E-state index in [0.29, 0.717) is 29.8 Å². The molecule has 2 bridgehead atoms. The van der Waals surface area contributed by atoms with Crippen LogP contribution in [-0.2, 0) is 11.8 Å². The van der Waals surface area contributed by atoms with Gasteiger partial charge in [-0.1, -0.05) is 39.0 Å². The molecule has 1 aliphatic heterocycles. The largest absolute Gasteiger partial charge is 0.508 e. The van der Waals surface area contributed by atoms with Gasteiger partial charge < -0.3 is 15.3 Å². The van der Waals surface area contributed by atoms with Crippen molar-refractivity contribution in [1.29, 1.82) is 0 Å². The maximum absolute atomic E-state index is 13.5. The number of carbonyl (C=O) groups excluding carboxylic acids is 2. The van der Waals surface area contributed by atoms with Crippen LogP contribution in [0.1, 0.15) is 59.0 Å². The number of nitrogens with one attached hydrogen (secondary N) is 1. The molecule has 0 radical (unpaired) electrons. The summed E-state index contributed by atoms with van der Waals surface area (Å²) in [4.78, 5) is 27.4. The maximum Gasteiger partial charge on any atom is 0.254 e. The van der Waals surface area contributed by atoms with E-state index < -0.39 is 0 Å². The molecule has 5 nitrogen and oxygen atoms in total. The third-order valence-corrected chi connectivity index (χ3v) is 7.49. The van der Waals surface area contributed by atoms with Gasteiger partial charge in [0, 0.05) is 36.2 Å². The van der Waals surface area contributed by atoms with Crippen molar-refractivity contribution in [3.8, 4) is 5.75 Å². The fraction of sp³-hybridized carbons (Fsp3) is 0.417. The maximum atomic E-state index is 13.5. The van der Waals surface area contributed by atoms with E-state index in [4.69, 9.17) is 0 Å². The number of piperidine rings is 1. The van der Waals surface area contributed by atoms with Crippen LogP contribution in [0.5, 0.6) is 5.75 Å². The third kappa shape index (κ3) is 2.75. The summed E-state index contributed by atoms with van der Waals surface area (Å²) < 4.78 is 0. The summed E-state index contributed by atoms with van der Waals surface area (Å²) in [5.74, 6) is 0.0441. The van der Waals surface area contributed by atoms with E-state index in [1.54, 1.807) is 37.4 Å². The lowest BCUT2D eigenvalue weighted by atomic mass is 9.51. The number of phenolic OH excluding ortho intramolecular Hbond substituents is 1. The minimum atomic E-state index is -0.206. The molecule has 1 fully saturated rings. The Labute approximate surface area is 171 Å². The van der Waals surface area contributed by atoms with Gasteiger partial charge in [0.15, 0.2) is 0 Å². The molecular weight excluding hydrogens is 364 g/mol. The number of hydrogen-bond acceptors (Lipinski definition) is 3. The van der Waals surface area contributed by atoms with Crippen LogP contribution in [0.25, 0.3) is 0 Å². The van der Waals surface area contributed by atoms with Gasteiger partial charge in [-0.05, 0) is 53.6 Å². The van der Waals surface area contributed by atoms with Crippen LogP contribution >= 0.6 is 0 Å². The number of hydrogen-bond donors (Lipinski definition) is 2. The van der Waals surface area contributed by atoms with Crippen molar-refractivity contribution in [2.24, 2.45) is 5.41 Å². The molecule has 2 unspecified atom stereocenters. The lowest BCUT2D eigenvalue weighted by Crippen LogP contribution is -2.64. The smallest absolute Gasteiger partial charge is 0.254 e. The highest BCUT2D eigenvalue weighted by Gasteiger charge is 2.57. The summed E-state index contributed by atoms with van der Waals surface area (Å²) >= 11 is 0. The zero-order valence-electron chi connectivity index (χ0n) is 17.5. The van der Waals surface area contributed by atoms with Crippen molar-refractivity contribution in [2.75, 3.05) is 13.6 Å². The Bertz CT molecular complexity index is 997. The molecule has 2 aromatic rings. The van der Waals surface area contributed by atoms with Crippen molar-refractivity contribution < 1.29 is 14.7 Å². The minimum absolute atomic E-state index is 0.0294. The van der Waals surface area contributed by atoms with Gasteiger partial charge in [-0.2, -0.15) is 0 Å². The highest BCUT2D eigenvalue weighted by molar-refractivity contribution is 5.99. The van der Waals surface area contributed by atoms with E-state index in [0.717, 1.165) is 12.0 Å². The molecule has 0 saturated carbocycles. The first-order valence-corrected chi connectivity index (χ1v) is 10.1. The Hall–Kier alpha value is -2.82. The van der Waals surface area contributed by atoms with Crippen LogP contribution in [-0.4, -0.2) is 41.5 Å². The molecule has 5 heteroatoms. The van der Waals surface area contributed by atoms with Gasteiger partial charge in [0.25, 0.3) is 11.8 Å². The molecule has 2 amide bonds. The summed E-state index contributed by atoms with van der Waals surface area (Å²) in [7, 11) is 1.58. The summed E-state index contributed by atoms with van der Waals surface area (Å²) in [5, 5.41) is 13.1. The Morgan fingerprint density at radius 2 is 1.79 bits per heavy atom. The van der Waals surface area contributed by atoms with Crippen LogP contribution in [0.15, 0.2) is 42.5 Å². The summed E-state index contributed by atoms with van der Waals surface area (Å²) in [6.07, 6.45) is 1.46. The van der Waals surface area contributed by atoms with Crippen molar-refractivity contribution >= 4 is 11.8 Å². The van der Waals surface area contributed by atoms with Gasteiger partial charge in [-0.3, -0.25) is 9.59 Å². The number of benzene rings is 2. The number of carbonyl (C=O) groups is 2. The summed E-state index contributed by atoms with van der Waals surface area (Å²) in [5.41, 5.74) is 2.88. The molecule has 1 saturated heterocycles. The summed E-state index contributed by atoms with van der Waals surface area (Å²) in [6, 6.07) is 12.6. The fourth-order valence-corrected chi connectivity index (χ4v) is 5.27. The molecule has 2 N–H and O–H groups in total. The van der Waals surface area contributed by atoms with Gasteiger partial charge in [-0.15, -0.1) is 0 Å². The van der Waals surface area contributed by atoms with Gasteiger partial charge in [0.1, 0.15) is 5.75 Å². The normalized spacial score (nSPS) is 24.6. The molecule has 0 spiro atoms. The zero-order valence-corrected chi connectivity index (χ0v) is 17.5. The quantitative estimate of drug-likeness (QED) is 0.822. The van der Waals surface area contributed by atoms with E-state index in [1.807, 2.05) is 11.0 Å². The fourth-order valence-electron chi connectivity index (χ4n) is 5.27. The Morgan fingerprint density at radius 1 is 1.10 bits per heavy atom. The molecule has 152 valence electrons. The van der Waals surface area contributed by atoms with E-state index in [1.165, 1.54) is 5.56 Å². The van der Waals surface area contributed by atoms with Crippen molar-refractivity contribution in [2.45, 2.75) is 45.1 Å².